The zero-order valence-electron chi connectivity index (χ0n) is 15.2. The second kappa shape index (κ2) is 8.29. The highest BCUT2D eigenvalue weighted by atomic mass is 79.9. The molecule has 0 radical (unpaired) electrons. The van der Waals surface area contributed by atoms with Gasteiger partial charge in [-0.3, -0.25) is 9.69 Å². The van der Waals surface area contributed by atoms with Gasteiger partial charge in [-0.15, -0.1) is 0 Å². The van der Waals surface area contributed by atoms with Gasteiger partial charge in [-0.25, -0.2) is 4.98 Å². The van der Waals surface area contributed by atoms with Gasteiger partial charge in [0.15, 0.2) is 5.13 Å². The van der Waals surface area contributed by atoms with Crippen LogP contribution in [0.15, 0.2) is 46.9 Å². The van der Waals surface area contributed by atoms with E-state index in [4.69, 9.17) is 4.98 Å². The highest BCUT2D eigenvalue weighted by Crippen LogP contribution is 2.31. The average Bonchev–Trinajstić information content (AvgIpc) is 3.03. The number of rotatable bonds is 6. The molecular formula is C20H22BrN3OS. The van der Waals surface area contributed by atoms with Gasteiger partial charge in [0.2, 0.25) is 0 Å². The lowest BCUT2D eigenvalue weighted by molar-refractivity contribution is 0.0986. The number of carbonyl (C=O) groups excluding carboxylic acids is 1. The Morgan fingerprint density at radius 2 is 1.92 bits per heavy atom. The summed E-state index contributed by atoms with van der Waals surface area (Å²) in [6.45, 7) is 3.62. The zero-order chi connectivity index (χ0) is 18.7. The largest absolute Gasteiger partial charge is 0.309 e. The van der Waals surface area contributed by atoms with Crippen molar-refractivity contribution < 1.29 is 4.79 Å². The number of aryl methyl sites for hydroxylation is 1. The predicted molar refractivity (Wildman–Crippen MR) is 113 cm³/mol. The second-order valence-electron chi connectivity index (χ2n) is 6.54. The predicted octanol–water partition coefficient (Wildman–Crippen LogP) is 4.97. The summed E-state index contributed by atoms with van der Waals surface area (Å²) in [5.41, 5.74) is 2.78. The van der Waals surface area contributed by atoms with Gasteiger partial charge in [0.05, 0.1) is 10.2 Å². The van der Waals surface area contributed by atoms with Gasteiger partial charge in [-0.1, -0.05) is 45.5 Å². The monoisotopic (exact) mass is 431 g/mol. The Labute approximate surface area is 166 Å². The van der Waals surface area contributed by atoms with Crippen molar-refractivity contribution in [2.45, 2.75) is 13.3 Å². The van der Waals surface area contributed by atoms with Crippen molar-refractivity contribution in [1.82, 2.24) is 9.88 Å². The number of benzene rings is 2. The number of hydrogen-bond acceptors (Lipinski definition) is 4. The van der Waals surface area contributed by atoms with Gasteiger partial charge in [-0.05, 0) is 63.8 Å². The van der Waals surface area contributed by atoms with E-state index in [2.05, 4.69) is 39.9 Å². The van der Waals surface area contributed by atoms with Gasteiger partial charge in [0, 0.05) is 16.6 Å². The Balaban J connectivity index is 1.96. The van der Waals surface area contributed by atoms with Crippen molar-refractivity contribution in [3.05, 3.63) is 58.1 Å². The number of para-hydroxylation sites is 1. The average molecular weight is 432 g/mol. The van der Waals surface area contributed by atoms with Crippen molar-refractivity contribution >= 4 is 48.5 Å². The van der Waals surface area contributed by atoms with E-state index in [1.165, 1.54) is 0 Å². The van der Waals surface area contributed by atoms with Crippen LogP contribution in [0.5, 0.6) is 0 Å². The third-order valence-electron chi connectivity index (χ3n) is 4.14. The topological polar surface area (TPSA) is 36.4 Å². The van der Waals surface area contributed by atoms with Gasteiger partial charge in [0.1, 0.15) is 0 Å². The number of fused-ring (bicyclic) bond motifs is 1. The molecule has 3 aromatic rings. The summed E-state index contributed by atoms with van der Waals surface area (Å²) in [5.74, 6) is -0.0123. The van der Waals surface area contributed by atoms with E-state index >= 15 is 0 Å². The van der Waals surface area contributed by atoms with Gasteiger partial charge < -0.3 is 4.90 Å². The van der Waals surface area contributed by atoms with Gasteiger partial charge in [-0.2, -0.15) is 0 Å². The third kappa shape index (κ3) is 4.31. The Kier molecular flexibility index (Phi) is 6.06. The van der Waals surface area contributed by atoms with Crippen LogP contribution in [0.25, 0.3) is 10.2 Å². The maximum Gasteiger partial charge on any atom is 0.260 e. The molecule has 1 aromatic heterocycles. The summed E-state index contributed by atoms with van der Waals surface area (Å²) in [6, 6.07) is 13.7. The maximum atomic E-state index is 13.2. The SMILES string of the molecule is Cc1cccc2sc(N(CCCN(C)C)C(=O)c3cccc(Br)c3)nc12. The molecule has 26 heavy (non-hydrogen) atoms. The van der Waals surface area contributed by atoms with E-state index in [0.717, 1.165) is 38.3 Å². The fourth-order valence-corrected chi connectivity index (χ4v) is 4.26. The van der Waals surface area contributed by atoms with Crippen LogP contribution in [-0.2, 0) is 0 Å². The third-order valence-corrected chi connectivity index (χ3v) is 5.68. The van der Waals surface area contributed by atoms with Crippen LogP contribution < -0.4 is 4.90 Å². The molecule has 0 N–H and O–H groups in total. The number of aromatic nitrogens is 1. The van der Waals surface area contributed by atoms with E-state index < -0.39 is 0 Å². The first-order chi connectivity index (χ1) is 12.5. The van der Waals surface area contributed by atoms with Gasteiger partial charge >= 0.3 is 0 Å². The fourth-order valence-electron chi connectivity index (χ4n) is 2.80. The van der Waals surface area contributed by atoms with Crippen molar-refractivity contribution in [1.29, 1.82) is 0 Å². The first-order valence-corrected chi connectivity index (χ1v) is 10.1. The smallest absolute Gasteiger partial charge is 0.260 e. The number of hydrogen-bond donors (Lipinski definition) is 0. The molecule has 0 aliphatic rings. The summed E-state index contributed by atoms with van der Waals surface area (Å²) in [7, 11) is 4.09. The summed E-state index contributed by atoms with van der Waals surface area (Å²) in [5, 5.41) is 0.762. The molecule has 0 saturated heterocycles. The van der Waals surface area contributed by atoms with Crippen LogP contribution in [0.2, 0.25) is 0 Å². The molecule has 0 unspecified atom stereocenters. The first-order valence-electron chi connectivity index (χ1n) is 8.54. The molecule has 0 spiro atoms. The van der Waals surface area contributed by atoms with Crippen LogP contribution >= 0.6 is 27.3 Å². The molecule has 0 saturated carbocycles. The normalized spacial score (nSPS) is 11.3. The molecule has 0 aliphatic carbocycles. The summed E-state index contributed by atoms with van der Waals surface area (Å²) >= 11 is 5.03. The van der Waals surface area contributed by atoms with Crippen LogP contribution in [0, 0.1) is 6.92 Å². The van der Waals surface area contributed by atoms with E-state index in [9.17, 15) is 4.79 Å². The molecule has 1 heterocycles. The Hall–Kier alpha value is -1.76. The standard InChI is InChI=1S/C20H22BrN3OS/c1-14-7-4-10-17-18(14)22-20(26-17)24(12-6-11-23(2)3)19(25)15-8-5-9-16(21)13-15/h4-5,7-10,13H,6,11-12H2,1-3H3. The van der Waals surface area contributed by atoms with E-state index in [0.29, 0.717) is 12.1 Å². The van der Waals surface area contributed by atoms with Crippen molar-refractivity contribution in [3.63, 3.8) is 0 Å². The minimum atomic E-state index is -0.0123. The second-order valence-corrected chi connectivity index (χ2v) is 8.47. The summed E-state index contributed by atoms with van der Waals surface area (Å²) in [4.78, 5) is 21.9. The van der Waals surface area contributed by atoms with Crippen LogP contribution in [-0.4, -0.2) is 43.0 Å². The van der Waals surface area contributed by atoms with Crippen molar-refractivity contribution in [2.24, 2.45) is 0 Å². The summed E-state index contributed by atoms with van der Waals surface area (Å²) < 4.78 is 2.01. The highest BCUT2D eigenvalue weighted by Gasteiger charge is 2.21. The molecule has 4 nitrogen and oxygen atoms in total. The van der Waals surface area contributed by atoms with Crippen molar-refractivity contribution in [2.75, 3.05) is 32.1 Å². The van der Waals surface area contributed by atoms with Crippen LogP contribution in [0.4, 0.5) is 5.13 Å². The van der Waals surface area contributed by atoms with Gasteiger partial charge in [0.25, 0.3) is 5.91 Å². The Bertz CT molecular complexity index is 922. The number of nitrogens with zero attached hydrogens (tertiary/aromatic N) is 3. The molecular weight excluding hydrogens is 410 g/mol. The number of thiazole rings is 1. The number of anilines is 1. The quantitative estimate of drug-likeness (QED) is 0.552. The highest BCUT2D eigenvalue weighted by molar-refractivity contribution is 9.10. The molecule has 0 fully saturated rings. The minimum absolute atomic E-state index is 0.0123. The molecule has 6 heteroatoms. The minimum Gasteiger partial charge on any atom is -0.309 e. The molecule has 3 rings (SSSR count). The number of amides is 1. The molecule has 2 aromatic carbocycles. The van der Waals surface area contributed by atoms with Crippen LogP contribution in [0.1, 0.15) is 22.3 Å². The first kappa shape index (κ1) is 19.0. The number of halogens is 1. The molecule has 0 bridgehead atoms. The number of carbonyl (C=O) groups is 1. The van der Waals surface area contributed by atoms with Crippen LogP contribution in [0.3, 0.4) is 0 Å². The molecule has 0 atom stereocenters. The Morgan fingerprint density at radius 1 is 1.15 bits per heavy atom. The van der Waals surface area contributed by atoms with E-state index in [1.807, 2.05) is 49.3 Å². The fraction of sp³-hybridized carbons (Fsp3) is 0.300. The lowest BCUT2D eigenvalue weighted by atomic mass is 10.2. The molecule has 136 valence electrons. The van der Waals surface area contributed by atoms with Crippen molar-refractivity contribution in [3.8, 4) is 0 Å². The van der Waals surface area contributed by atoms with E-state index in [-0.39, 0.29) is 5.91 Å². The lowest BCUT2D eigenvalue weighted by Gasteiger charge is -2.21. The Morgan fingerprint density at radius 3 is 2.62 bits per heavy atom. The lowest BCUT2D eigenvalue weighted by Crippen LogP contribution is -2.33. The molecule has 1 amide bonds. The molecule has 0 aliphatic heterocycles. The summed E-state index contributed by atoms with van der Waals surface area (Å²) in [6.07, 6.45) is 0.891. The maximum absolute atomic E-state index is 13.2. The van der Waals surface area contributed by atoms with E-state index in [1.54, 1.807) is 11.3 Å². The zero-order valence-corrected chi connectivity index (χ0v) is 17.6.